The van der Waals surface area contributed by atoms with Crippen LogP contribution in [0.4, 0.5) is 5.69 Å². The van der Waals surface area contributed by atoms with E-state index < -0.39 is 11.5 Å². The molecule has 122 valence electrons. The minimum absolute atomic E-state index is 0.0118. The van der Waals surface area contributed by atoms with E-state index in [0.29, 0.717) is 30.6 Å². The molecule has 1 aliphatic heterocycles. The van der Waals surface area contributed by atoms with Gasteiger partial charge in [0.2, 0.25) is 0 Å². The second kappa shape index (κ2) is 5.56. The third kappa shape index (κ3) is 2.10. The normalized spacial score (nSPS) is 26.0. The van der Waals surface area contributed by atoms with Crippen molar-refractivity contribution in [3.05, 3.63) is 65.7 Å². The standard InChI is InChI=1S/C20H19NO3/c22-18-12-6-10-16(18)20(24)15-9-4-5-11-17(15)21(19(20)23)13-14-7-2-1-3-8-14/h1-5,7-9,11,16,24H,6,10,12-13H2. The third-order valence-corrected chi connectivity index (χ3v) is 5.17. The zero-order valence-corrected chi connectivity index (χ0v) is 13.3. The highest BCUT2D eigenvalue weighted by molar-refractivity contribution is 6.09. The van der Waals surface area contributed by atoms with Crippen molar-refractivity contribution in [1.82, 2.24) is 0 Å². The number of hydrogen-bond acceptors (Lipinski definition) is 3. The first-order valence-corrected chi connectivity index (χ1v) is 8.33. The third-order valence-electron chi connectivity index (χ3n) is 5.17. The van der Waals surface area contributed by atoms with E-state index in [1.165, 1.54) is 0 Å². The Balaban J connectivity index is 1.78. The van der Waals surface area contributed by atoms with Gasteiger partial charge in [0.25, 0.3) is 5.91 Å². The first kappa shape index (κ1) is 15.1. The molecule has 4 nitrogen and oxygen atoms in total. The Morgan fingerprint density at radius 2 is 1.75 bits per heavy atom. The van der Waals surface area contributed by atoms with Crippen molar-refractivity contribution < 1.29 is 14.7 Å². The summed E-state index contributed by atoms with van der Waals surface area (Å²) in [4.78, 5) is 27.0. The predicted molar refractivity (Wildman–Crippen MR) is 90.3 cm³/mol. The fraction of sp³-hybridized carbons (Fsp3) is 0.300. The second-order valence-electron chi connectivity index (χ2n) is 6.57. The molecule has 1 fully saturated rings. The molecule has 0 bridgehead atoms. The lowest BCUT2D eigenvalue weighted by molar-refractivity contribution is -0.148. The highest BCUT2D eigenvalue weighted by atomic mass is 16.3. The van der Waals surface area contributed by atoms with Crippen LogP contribution in [0.25, 0.3) is 0 Å². The Morgan fingerprint density at radius 3 is 2.46 bits per heavy atom. The summed E-state index contributed by atoms with van der Waals surface area (Å²) >= 11 is 0. The van der Waals surface area contributed by atoms with Gasteiger partial charge < -0.3 is 10.0 Å². The molecule has 2 unspecified atom stereocenters. The summed E-state index contributed by atoms with van der Waals surface area (Å²) in [5.74, 6) is -1.03. The van der Waals surface area contributed by atoms with Crippen molar-refractivity contribution in [2.75, 3.05) is 4.90 Å². The Labute approximate surface area is 140 Å². The van der Waals surface area contributed by atoms with Crippen LogP contribution in [0, 0.1) is 5.92 Å². The monoisotopic (exact) mass is 321 g/mol. The zero-order valence-electron chi connectivity index (χ0n) is 13.3. The van der Waals surface area contributed by atoms with Gasteiger partial charge in [-0.3, -0.25) is 9.59 Å². The van der Waals surface area contributed by atoms with Gasteiger partial charge in [0.05, 0.1) is 18.2 Å². The lowest BCUT2D eigenvalue weighted by Gasteiger charge is -2.28. The van der Waals surface area contributed by atoms with Crippen molar-refractivity contribution in [1.29, 1.82) is 0 Å². The number of nitrogens with zero attached hydrogens (tertiary/aromatic N) is 1. The number of anilines is 1. The topological polar surface area (TPSA) is 57.6 Å². The van der Waals surface area contributed by atoms with Crippen molar-refractivity contribution in [2.24, 2.45) is 5.92 Å². The number of benzene rings is 2. The molecule has 1 aliphatic carbocycles. The van der Waals surface area contributed by atoms with Crippen molar-refractivity contribution >= 4 is 17.4 Å². The molecule has 0 radical (unpaired) electrons. The summed E-state index contributed by atoms with van der Waals surface area (Å²) in [5, 5.41) is 11.3. The molecule has 0 aromatic heterocycles. The summed E-state index contributed by atoms with van der Waals surface area (Å²) in [6.45, 7) is 0.389. The molecule has 1 N–H and O–H groups in total. The summed E-state index contributed by atoms with van der Waals surface area (Å²) in [5.41, 5.74) is 0.529. The van der Waals surface area contributed by atoms with Gasteiger partial charge in [-0.15, -0.1) is 0 Å². The molecule has 24 heavy (non-hydrogen) atoms. The maximum absolute atomic E-state index is 13.1. The van der Waals surface area contributed by atoms with Gasteiger partial charge in [-0.2, -0.15) is 0 Å². The van der Waals surface area contributed by atoms with Crippen LogP contribution in [-0.4, -0.2) is 16.8 Å². The fourth-order valence-corrected chi connectivity index (χ4v) is 3.98. The van der Waals surface area contributed by atoms with Gasteiger partial charge in [0.1, 0.15) is 5.78 Å². The molecule has 4 heteroatoms. The van der Waals surface area contributed by atoms with Crippen LogP contribution < -0.4 is 4.90 Å². The molecule has 2 aromatic rings. The molecule has 1 heterocycles. The summed E-state index contributed by atoms with van der Waals surface area (Å²) in [6, 6.07) is 17.0. The first-order chi connectivity index (χ1) is 11.6. The van der Waals surface area contributed by atoms with Crippen molar-refractivity contribution in [2.45, 2.75) is 31.4 Å². The number of rotatable bonds is 3. The maximum Gasteiger partial charge on any atom is 0.264 e. The van der Waals surface area contributed by atoms with Crippen LogP contribution in [0.15, 0.2) is 54.6 Å². The number of amides is 1. The highest BCUT2D eigenvalue weighted by Gasteiger charge is 2.57. The molecule has 2 aromatic carbocycles. The molecule has 0 saturated heterocycles. The van der Waals surface area contributed by atoms with E-state index in [-0.39, 0.29) is 11.7 Å². The fourth-order valence-electron chi connectivity index (χ4n) is 3.98. The van der Waals surface area contributed by atoms with E-state index in [1.54, 1.807) is 11.0 Å². The molecule has 2 aliphatic rings. The summed E-state index contributed by atoms with van der Waals surface area (Å²) in [7, 11) is 0. The van der Waals surface area contributed by atoms with Gasteiger partial charge >= 0.3 is 0 Å². The smallest absolute Gasteiger partial charge is 0.264 e. The number of carbonyl (C=O) groups is 2. The van der Waals surface area contributed by atoms with Crippen LogP contribution in [-0.2, 0) is 21.7 Å². The summed E-state index contributed by atoms with van der Waals surface area (Å²) in [6.07, 6.45) is 1.75. The minimum atomic E-state index is -1.72. The van der Waals surface area contributed by atoms with Crippen LogP contribution in [0.2, 0.25) is 0 Å². The number of ketones is 1. The number of aliphatic hydroxyl groups is 1. The number of carbonyl (C=O) groups excluding carboxylic acids is 2. The quantitative estimate of drug-likeness (QED) is 0.946. The Hall–Kier alpha value is -2.46. The van der Waals surface area contributed by atoms with Crippen LogP contribution >= 0.6 is 0 Å². The number of Topliss-reactive ketones (excluding diaryl/α,β-unsaturated/α-hetero) is 1. The largest absolute Gasteiger partial charge is 0.375 e. The van der Waals surface area contributed by atoms with Crippen molar-refractivity contribution in [3.63, 3.8) is 0 Å². The van der Waals surface area contributed by atoms with Crippen LogP contribution in [0.5, 0.6) is 0 Å². The predicted octanol–water partition coefficient (Wildman–Crippen LogP) is 2.79. The number of para-hydroxylation sites is 1. The summed E-state index contributed by atoms with van der Waals surface area (Å²) < 4.78 is 0. The molecular weight excluding hydrogens is 302 g/mol. The van der Waals surface area contributed by atoms with E-state index in [0.717, 1.165) is 12.0 Å². The van der Waals surface area contributed by atoms with Gasteiger partial charge in [-0.25, -0.2) is 0 Å². The minimum Gasteiger partial charge on any atom is -0.375 e. The number of hydrogen-bond donors (Lipinski definition) is 1. The lowest BCUT2D eigenvalue weighted by atomic mass is 9.80. The maximum atomic E-state index is 13.1. The average Bonchev–Trinajstić information content (AvgIpc) is 3.13. The average molecular weight is 321 g/mol. The van der Waals surface area contributed by atoms with Crippen LogP contribution in [0.3, 0.4) is 0 Å². The van der Waals surface area contributed by atoms with Gasteiger partial charge in [-0.1, -0.05) is 48.5 Å². The Bertz CT molecular complexity index is 802. The van der Waals surface area contributed by atoms with Gasteiger partial charge in [0.15, 0.2) is 5.60 Å². The molecule has 1 amide bonds. The van der Waals surface area contributed by atoms with E-state index >= 15 is 0 Å². The van der Waals surface area contributed by atoms with E-state index in [9.17, 15) is 14.7 Å². The zero-order chi connectivity index (χ0) is 16.7. The highest BCUT2D eigenvalue weighted by Crippen LogP contribution is 2.48. The Morgan fingerprint density at radius 1 is 1.04 bits per heavy atom. The van der Waals surface area contributed by atoms with E-state index in [4.69, 9.17) is 0 Å². The molecule has 0 spiro atoms. The molecule has 4 rings (SSSR count). The van der Waals surface area contributed by atoms with Crippen molar-refractivity contribution in [3.8, 4) is 0 Å². The molecule has 2 atom stereocenters. The first-order valence-electron chi connectivity index (χ1n) is 8.33. The lowest BCUT2D eigenvalue weighted by Crippen LogP contribution is -2.46. The number of fused-ring (bicyclic) bond motifs is 1. The van der Waals surface area contributed by atoms with E-state index in [2.05, 4.69) is 0 Å². The second-order valence-corrected chi connectivity index (χ2v) is 6.57. The molecular formula is C20H19NO3. The van der Waals surface area contributed by atoms with Crippen LogP contribution in [0.1, 0.15) is 30.4 Å². The van der Waals surface area contributed by atoms with E-state index in [1.807, 2.05) is 48.5 Å². The van der Waals surface area contributed by atoms with Gasteiger partial charge in [0, 0.05) is 12.0 Å². The Kier molecular flexibility index (Phi) is 3.50. The molecule has 1 saturated carbocycles. The SMILES string of the molecule is O=C1CCCC1C1(O)C(=O)N(Cc2ccccc2)c2ccccc21. The van der Waals surface area contributed by atoms with Gasteiger partial charge in [-0.05, 0) is 24.5 Å².